The molecule has 126 valence electrons. The summed E-state index contributed by atoms with van der Waals surface area (Å²) in [6.07, 6.45) is 1.72. The summed E-state index contributed by atoms with van der Waals surface area (Å²) in [6, 6.07) is 11.1. The minimum atomic E-state index is -0.277. The van der Waals surface area contributed by atoms with Crippen LogP contribution in [0.2, 0.25) is 0 Å². The number of carbonyl (C=O) groups excluding carboxylic acids is 1. The summed E-state index contributed by atoms with van der Waals surface area (Å²) in [5, 5.41) is 3.26. The van der Waals surface area contributed by atoms with Crippen molar-refractivity contribution in [1.82, 2.24) is 14.9 Å². The van der Waals surface area contributed by atoms with E-state index in [9.17, 15) is 4.79 Å². The number of carbonyl (C=O) groups is 1. The van der Waals surface area contributed by atoms with Crippen LogP contribution in [0.1, 0.15) is 36.1 Å². The molecule has 0 radical (unpaired) electrons. The zero-order chi connectivity index (χ0) is 16.9. The molecular weight excluding hydrogens is 304 g/mol. The number of hydrogen-bond donors (Lipinski definition) is 1. The van der Waals surface area contributed by atoms with E-state index < -0.39 is 0 Å². The Labute approximate surface area is 141 Å². The smallest absolute Gasteiger partial charge is 0.254 e. The standard InChI is InChI=1S/C18H22N4O2/c1-13(2)20-16-8-9-19-17(21-16)15-12-24-11-10-22(15)18(23)14-6-4-3-5-7-14/h3-9,13,15H,10-12H2,1-2H3,(H,19,20,21). The molecule has 1 N–H and O–H groups in total. The molecule has 24 heavy (non-hydrogen) atoms. The average molecular weight is 326 g/mol. The van der Waals surface area contributed by atoms with Crippen molar-refractivity contribution in [2.75, 3.05) is 25.1 Å². The first-order valence-corrected chi connectivity index (χ1v) is 8.18. The lowest BCUT2D eigenvalue weighted by atomic mass is 10.1. The van der Waals surface area contributed by atoms with Crippen LogP contribution in [0.3, 0.4) is 0 Å². The molecule has 1 saturated heterocycles. The van der Waals surface area contributed by atoms with Crippen molar-refractivity contribution in [3.05, 3.63) is 54.0 Å². The number of benzene rings is 1. The van der Waals surface area contributed by atoms with Gasteiger partial charge in [0, 0.05) is 24.3 Å². The molecule has 2 aromatic rings. The highest BCUT2D eigenvalue weighted by molar-refractivity contribution is 5.94. The molecule has 0 spiro atoms. The summed E-state index contributed by atoms with van der Waals surface area (Å²) in [5.41, 5.74) is 0.667. The lowest BCUT2D eigenvalue weighted by Gasteiger charge is -2.34. The summed E-state index contributed by atoms with van der Waals surface area (Å²) in [7, 11) is 0. The quantitative estimate of drug-likeness (QED) is 0.935. The third-order valence-corrected chi connectivity index (χ3v) is 3.82. The first-order chi connectivity index (χ1) is 11.6. The maximum absolute atomic E-state index is 12.8. The zero-order valence-corrected chi connectivity index (χ0v) is 14.0. The zero-order valence-electron chi connectivity index (χ0n) is 14.0. The number of rotatable bonds is 4. The number of nitrogens with one attached hydrogen (secondary N) is 1. The number of anilines is 1. The highest BCUT2D eigenvalue weighted by Gasteiger charge is 2.31. The topological polar surface area (TPSA) is 67.4 Å². The summed E-state index contributed by atoms with van der Waals surface area (Å²) in [4.78, 5) is 23.6. The van der Waals surface area contributed by atoms with Crippen molar-refractivity contribution in [3.8, 4) is 0 Å². The molecular formula is C18H22N4O2. The fourth-order valence-corrected chi connectivity index (χ4v) is 2.72. The second-order valence-electron chi connectivity index (χ2n) is 6.05. The summed E-state index contributed by atoms with van der Waals surface area (Å²) < 4.78 is 5.58. The van der Waals surface area contributed by atoms with Gasteiger partial charge in [0.25, 0.3) is 5.91 Å². The van der Waals surface area contributed by atoms with Gasteiger partial charge in [-0.25, -0.2) is 9.97 Å². The Morgan fingerprint density at radius 2 is 2.08 bits per heavy atom. The van der Waals surface area contributed by atoms with Gasteiger partial charge in [0.1, 0.15) is 11.9 Å². The van der Waals surface area contributed by atoms with E-state index in [1.807, 2.05) is 36.4 Å². The number of aromatic nitrogens is 2. The van der Waals surface area contributed by atoms with E-state index in [-0.39, 0.29) is 18.0 Å². The highest BCUT2D eigenvalue weighted by atomic mass is 16.5. The maximum Gasteiger partial charge on any atom is 0.254 e. The lowest BCUT2D eigenvalue weighted by Crippen LogP contribution is -2.44. The number of morpholine rings is 1. The molecule has 3 rings (SSSR count). The van der Waals surface area contributed by atoms with Crippen molar-refractivity contribution in [3.63, 3.8) is 0 Å². The number of amides is 1. The van der Waals surface area contributed by atoms with E-state index in [2.05, 4.69) is 29.1 Å². The van der Waals surface area contributed by atoms with Gasteiger partial charge in [-0.3, -0.25) is 4.79 Å². The van der Waals surface area contributed by atoms with Crippen LogP contribution < -0.4 is 5.32 Å². The Hall–Kier alpha value is -2.47. The van der Waals surface area contributed by atoms with Gasteiger partial charge >= 0.3 is 0 Å². The van der Waals surface area contributed by atoms with Gasteiger partial charge in [-0.2, -0.15) is 0 Å². The van der Waals surface area contributed by atoms with Gasteiger partial charge in [0.2, 0.25) is 0 Å². The first kappa shape index (κ1) is 16.4. The fourth-order valence-electron chi connectivity index (χ4n) is 2.72. The SMILES string of the molecule is CC(C)Nc1ccnc(C2COCCN2C(=O)c2ccccc2)n1. The van der Waals surface area contributed by atoms with E-state index in [1.165, 1.54) is 0 Å². The Kier molecular flexibility index (Phi) is 5.05. The first-order valence-electron chi connectivity index (χ1n) is 8.18. The van der Waals surface area contributed by atoms with Crippen molar-refractivity contribution in [2.24, 2.45) is 0 Å². The molecule has 1 amide bonds. The Morgan fingerprint density at radius 3 is 2.83 bits per heavy atom. The molecule has 6 nitrogen and oxygen atoms in total. The molecule has 6 heteroatoms. The fraction of sp³-hybridized carbons (Fsp3) is 0.389. The molecule has 0 saturated carbocycles. The molecule has 2 heterocycles. The molecule has 1 unspecified atom stereocenters. The van der Waals surface area contributed by atoms with Gasteiger partial charge in [-0.05, 0) is 32.0 Å². The minimum absolute atomic E-state index is 0.0188. The molecule has 0 aliphatic carbocycles. The Balaban J connectivity index is 1.86. The molecule has 1 fully saturated rings. The highest BCUT2D eigenvalue weighted by Crippen LogP contribution is 2.24. The van der Waals surface area contributed by atoms with E-state index in [1.54, 1.807) is 11.1 Å². The summed E-state index contributed by atoms with van der Waals surface area (Å²) >= 11 is 0. The van der Waals surface area contributed by atoms with Crippen LogP contribution in [0.4, 0.5) is 5.82 Å². The van der Waals surface area contributed by atoms with E-state index >= 15 is 0 Å². The Bertz CT molecular complexity index is 690. The number of ether oxygens (including phenoxy) is 1. The third kappa shape index (κ3) is 3.71. The lowest BCUT2D eigenvalue weighted by molar-refractivity contribution is -0.00519. The van der Waals surface area contributed by atoms with Gasteiger partial charge in [0.05, 0.1) is 13.2 Å². The molecule has 0 bridgehead atoms. The largest absolute Gasteiger partial charge is 0.377 e. The maximum atomic E-state index is 12.8. The van der Waals surface area contributed by atoms with Crippen LogP contribution in [-0.4, -0.2) is 46.6 Å². The second kappa shape index (κ2) is 7.40. The monoisotopic (exact) mass is 326 g/mol. The Morgan fingerprint density at radius 1 is 1.29 bits per heavy atom. The van der Waals surface area contributed by atoms with E-state index in [0.29, 0.717) is 31.1 Å². The van der Waals surface area contributed by atoms with Gasteiger partial charge in [-0.1, -0.05) is 18.2 Å². The predicted octanol–water partition coefficient (Wildman–Crippen LogP) is 2.51. The van der Waals surface area contributed by atoms with Crippen LogP contribution in [0.15, 0.2) is 42.6 Å². The second-order valence-corrected chi connectivity index (χ2v) is 6.05. The number of hydrogen-bond acceptors (Lipinski definition) is 5. The average Bonchev–Trinajstić information content (AvgIpc) is 2.61. The normalized spacial score (nSPS) is 17.8. The molecule has 1 aliphatic heterocycles. The van der Waals surface area contributed by atoms with Crippen molar-refractivity contribution >= 4 is 11.7 Å². The van der Waals surface area contributed by atoms with Crippen molar-refractivity contribution in [2.45, 2.75) is 25.9 Å². The molecule has 1 atom stereocenters. The van der Waals surface area contributed by atoms with Gasteiger partial charge in [0.15, 0.2) is 5.82 Å². The summed E-state index contributed by atoms with van der Waals surface area (Å²) in [5.74, 6) is 1.34. The third-order valence-electron chi connectivity index (χ3n) is 3.82. The van der Waals surface area contributed by atoms with Crippen LogP contribution >= 0.6 is 0 Å². The van der Waals surface area contributed by atoms with E-state index in [4.69, 9.17) is 4.74 Å². The van der Waals surface area contributed by atoms with Gasteiger partial charge < -0.3 is 15.0 Å². The van der Waals surface area contributed by atoms with E-state index in [0.717, 1.165) is 5.82 Å². The van der Waals surface area contributed by atoms with Crippen LogP contribution in [0.25, 0.3) is 0 Å². The van der Waals surface area contributed by atoms with Gasteiger partial charge in [-0.15, -0.1) is 0 Å². The molecule has 1 aromatic carbocycles. The van der Waals surface area contributed by atoms with Crippen molar-refractivity contribution in [1.29, 1.82) is 0 Å². The minimum Gasteiger partial charge on any atom is -0.377 e. The number of nitrogens with zero attached hydrogens (tertiary/aromatic N) is 3. The van der Waals surface area contributed by atoms with Crippen LogP contribution in [0.5, 0.6) is 0 Å². The molecule has 1 aliphatic rings. The predicted molar refractivity (Wildman–Crippen MR) is 91.8 cm³/mol. The summed E-state index contributed by atoms with van der Waals surface area (Å²) in [6.45, 7) is 5.57. The van der Waals surface area contributed by atoms with Crippen molar-refractivity contribution < 1.29 is 9.53 Å². The molecule has 1 aromatic heterocycles. The van der Waals surface area contributed by atoms with Crippen LogP contribution in [-0.2, 0) is 4.74 Å². The van der Waals surface area contributed by atoms with Crippen LogP contribution in [0, 0.1) is 0 Å².